The maximum atomic E-state index is 5.57. The Morgan fingerprint density at radius 3 is 2.45 bits per heavy atom. The van der Waals surface area contributed by atoms with Gasteiger partial charge in [-0.2, -0.15) is 5.10 Å². The minimum atomic E-state index is 0.304. The van der Waals surface area contributed by atoms with Gasteiger partial charge in [0.15, 0.2) is 11.6 Å². The molecule has 0 aliphatic carbocycles. The van der Waals surface area contributed by atoms with Gasteiger partial charge in [-0.05, 0) is 55.5 Å². The maximum absolute atomic E-state index is 5.57. The molecule has 2 aliphatic heterocycles. The van der Waals surface area contributed by atoms with E-state index in [9.17, 15) is 0 Å². The third kappa shape index (κ3) is 4.06. The fourth-order valence-corrected chi connectivity index (χ4v) is 4.32. The van der Waals surface area contributed by atoms with Gasteiger partial charge in [-0.25, -0.2) is 9.67 Å². The Balaban J connectivity index is 1.45. The van der Waals surface area contributed by atoms with Crippen LogP contribution in [-0.4, -0.2) is 41.1 Å². The SMILES string of the molecule is c1ccc(Cn2nc(C3CCOC3)nc2-c2ccc(N3CCCCC3)cc2)cc1. The Morgan fingerprint density at radius 2 is 1.72 bits per heavy atom. The average molecular weight is 389 g/mol. The van der Waals surface area contributed by atoms with Gasteiger partial charge in [0, 0.05) is 36.9 Å². The lowest BCUT2D eigenvalue weighted by atomic mass is 10.1. The van der Waals surface area contributed by atoms with Crippen LogP contribution in [0.3, 0.4) is 0 Å². The van der Waals surface area contributed by atoms with Crippen LogP contribution in [0.4, 0.5) is 5.69 Å². The first-order chi connectivity index (χ1) is 14.4. The van der Waals surface area contributed by atoms with Crippen LogP contribution in [-0.2, 0) is 11.3 Å². The van der Waals surface area contributed by atoms with Crippen molar-refractivity contribution < 1.29 is 4.74 Å². The van der Waals surface area contributed by atoms with Crippen molar-refractivity contribution in [3.05, 3.63) is 66.0 Å². The molecule has 1 atom stereocenters. The molecule has 0 amide bonds. The van der Waals surface area contributed by atoms with Gasteiger partial charge in [0.25, 0.3) is 0 Å². The van der Waals surface area contributed by atoms with E-state index < -0.39 is 0 Å². The molecule has 2 aliphatic rings. The second kappa shape index (κ2) is 8.37. The standard InChI is InChI=1S/C24H28N4O/c1-3-7-19(8-4-1)17-28-24(25-23(26-28)21-13-16-29-18-21)20-9-11-22(12-10-20)27-14-5-2-6-15-27/h1,3-4,7-12,21H,2,5-6,13-18H2. The lowest BCUT2D eigenvalue weighted by Crippen LogP contribution is -2.29. The van der Waals surface area contributed by atoms with E-state index in [4.69, 9.17) is 14.8 Å². The topological polar surface area (TPSA) is 43.2 Å². The molecule has 5 heteroatoms. The highest BCUT2D eigenvalue weighted by atomic mass is 16.5. The van der Waals surface area contributed by atoms with Crippen LogP contribution in [0, 0.1) is 0 Å². The quantitative estimate of drug-likeness (QED) is 0.646. The number of hydrogen-bond donors (Lipinski definition) is 0. The van der Waals surface area contributed by atoms with E-state index in [1.807, 2.05) is 6.07 Å². The molecule has 5 rings (SSSR count). The van der Waals surface area contributed by atoms with Gasteiger partial charge < -0.3 is 9.64 Å². The number of aromatic nitrogens is 3. The van der Waals surface area contributed by atoms with Gasteiger partial charge in [0.05, 0.1) is 13.2 Å². The van der Waals surface area contributed by atoms with E-state index in [-0.39, 0.29) is 0 Å². The summed E-state index contributed by atoms with van der Waals surface area (Å²) in [5.41, 5.74) is 3.67. The summed E-state index contributed by atoms with van der Waals surface area (Å²) in [5.74, 6) is 2.16. The third-order valence-corrected chi connectivity index (χ3v) is 6.00. The van der Waals surface area contributed by atoms with Gasteiger partial charge in [-0.3, -0.25) is 0 Å². The number of piperidine rings is 1. The van der Waals surface area contributed by atoms with Crippen molar-refractivity contribution in [1.82, 2.24) is 14.8 Å². The molecular weight excluding hydrogens is 360 g/mol. The molecule has 3 heterocycles. The Hall–Kier alpha value is -2.66. The second-order valence-electron chi connectivity index (χ2n) is 8.09. The lowest BCUT2D eigenvalue weighted by Gasteiger charge is -2.28. The molecule has 0 bridgehead atoms. The number of benzene rings is 2. The number of ether oxygens (including phenoxy) is 1. The van der Waals surface area contributed by atoms with E-state index >= 15 is 0 Å². The van der Waals surface area contributed by atoms with Crippen LogP contribution < -0.4 is 4.90 Å². The molecule has 1 aromatic heterocycles. The minimum absolute atomic E-state index is 0.304. The van der Waals surface area contributed by atoms with Crippen molar-refractivity contribution in [2.45, 2.75) is 38.1 Å². The third-order valence-electron chi connectivity index (χ3n) is 6.00. The van der Waals surface area contributed by atoms with Crippen molar-refractivity contribution in [2.75, 3.05) is 31.2 Å². The molecule has 1 unspecified atom stereocenters. The Kier molecular flexibility index (Phi) is 5.31. The van der Waals surface area contributed by atoms with E-state index in [2.05, 4.69) is 58.1 Å². The predicted octanol–water partition coefficient (Wildman–Crippen LogP) is 4.49. The molecule has 0 radical (unpaired) electrons. The summed E-state index contributed by atoms with van der Waals surface area (Å²) in [6.45, 7) is 4.58. The zero-order chi connectivity index (χ0) is 19.5. The smallest absolute Gasteiger partial charge is 0.158 e. The number of anilines is 1. The van der Waals surface area contributed by atoms with Gasteiger partial charge in [-0.1, -0.05) is 30.3 Å². The molecule has 150 valence electrons. The van der Waals surface area contributed by atoms with Crippen LogP contribution in [0.15, 0.2) is 54.6 Å². The van der Waals surface area contributed by atoms with E-state index in [1.54, 1.807) is 0 Å². The number of rotatable bonds is 5. The summed E-state index contributed by atoms with van der Waals surface area (Å²) >= 11 is 0. The van der Waals surface area contributed by atoms with Gasteiger partial charge in [0.2, 0.25) is 0 Å². The summed E-state index contributed by atoms with van der Waals surface area (Å²) in [5, 5.41) is 4.89. The highest BCUT2D eigenvalue weighted by molar-refractivity contribution is 5.61. The van der Waals surface area contributed by atoms with Gasteiger partial charge in [-0.15, -0.1) is 0 Å². The predicted molar refractivity (Wildman–Crippen MR) is 115 cm³/mol. The van der Waals surface area contributed by atoms with Gasteiger partial charge >= 0.3 is 0 Å². The number of hydrogen-bond acceptors (Lipinski definition) is 4. The molecule has 5 nitrogen and oxygen atoms in total. The molecule has 3 aromatic rings. The highest BCUT2D eigenvalue weighted by Crippen LogP contribution is 2.28. The summed E-state index contributed by atoms with van der Waals surface area (Å²) < 4.78 is 7.63. The summed E-state index contributed by atoms with van der Waals surface area (Å²) in [6, 6.07) is 19.4. The molecular formula is C24H28N4O. The largest absolute Gasteiger partial charge is 0.381 e. The fraction of sp³-hybridized carbons (Fsp3) is 0.417. The highest BCUT2D eigenvalue weighted by Gasteiger charge is 2.24. The Labute approximate surface area is 172 Å². The van der Waals surface area contributed by atoms with Crippen molar-refractivity contribution in [3.63, 3.8) is 0 Å². The molecule has 0 N–H and O–H groups in total. The van der Waals surface area contributed by atoms with Gasteiger partial charge in [0.1, 0.15) is 0 Å². The second-order valence-corrected chi connectivity index (χ2v) is 8.09. The Bertz CT molecular complexity index is 923. The van der Waals surface area contributed by atoms with Crippen molar-refractivity contribution in [1.29, 1.82) is 0 Å². The molecule has 2 fully saturated rings. The summed E-state index contributed by atoms with van der Waals surface area (Å²) in [7, 11) is 0. The fourth-order valence-electron chi connectivity index (χ4n) is 4.32. The molecule has 29 heavy (non-hydrogen) atoms. The molecule has 0 spiro atoms. The molecule has 2 aromatic carbocycles. The normalized spacial score (nSPS) is 19.6. The van der Waals surface area contributed by atoms with Crippen LogP contribution in [0.5, 0.6) is 0 Å². The zero-order valence-electron chi connectivity index (χ0n) is 16.8. The molecule has 0 saturated carbocycles. The van der Waals surface area contributed by atoms with E-state index in [0.29, 0.717) is 5.92 Å². The van der Waals surface area contributed by atoms with E-state index in [1.165, 1.54) is 30.5 Å². The van der Waals surface area contributed by atoms with Crippen molar-refractivity contribution in [2.24, 2.45) is 0 Å². The number of nitrogens with zero attached hydrogens (tertiary/aromatic N) is 4. The first kappa shape index (κ1) is 18.4. The maximum Gasteiger partial charge on any atom is 0.158 e. The zero-order valence-corrected chi connectivity index (χ0v) is 16.8. The van der Waals surface area contributed by atoms with Crippen LogP contribution in [0.25, 0.3) is 11.4 Å². The van der Waals surface area contributed by atoms with E-state index in [0.717, 1.165) is 56.5 Å². The monoisotopic (exact) mass is 388 g/mol. The van der Waals surface area contributed by atoms with Crippen LogP contribution >= 0.6 is 0 Å². The first-order valence-corrected chi connectivity index (χ1v) is 10.8. The Morgan fingerprint density at radius 1 is 0.931 bits per heavy atom. The van der Waals surface area contributed by atoms with Crippen LogP contribution in [0.2, 0.25) is 0 Å². The van der Waals surface area contributed by atoms with Crippen LogP contribution in [0.1, 0.15) is 43.0 Å². The minimum Gasteiger partial charge on any atom is -0.381 e. The first-order valence-electron chi connectivity index (χ1n) is 10.8. The summed E-state index contributed by atoms with van der Waals surface area (Å²) in [4.78, 5) is 7.45. The van der Waals surface area contributed by atoms with Crippen molar-refractivity contribution >= 4 is 5.69 Å². The summed E-state index contributed by atoms with van der Waals surface area (Å²) in [6.07, 6.45) is 4.94. The average Bonchev–Trinajstić information content (AvgIpc) is 3.46. The lowest BCUT2D eigenvalue weighted by molar-refractivity contribution is 0.193. The van der Waals surface area contributed by atoms with Crippen molar-refractivity contribution in [3.8, 4) is 11.4 Å². The molecule has 2 saturated heterocycles.